The molecule has 0 amide bonds. The fraction of sp³-hybridized carbons (Fsp3) is 0.250. The lowest BCUT2D eigenvalue weighted by Crippen LogP contribution is -2.31. The first kappa shape index (κ1) is 17.8. The maximum absolute atomic E-state index is 13.4. The second-order valence-corrected chi connectivity index (χ2v) is 8.51. The molecule has 0 unspecified atom stereocenters. The van der Waals surface area contributed by atoms with Gasteiger partial charge in [-0.25, -0.2) is 0 Å². The number of hydrogen-bond donors (Lipinski definition) is 1. The van der Waals surface area contributed by atoms with E-state index in [1.165, 1.54) is 26.2 Å². The van der Waals surface area contributed by atoms with Gasteiger partial charge in [-0.15, -0.1) is 0 Å². The molecule has 7 heteroatoms. The van der Waals surface area contributed by atoms with Crippen LogP contribution in [0.5, 0.6) is 0 Å². The molecule has 3 aromatic rings. The van der Waals surface area contributed by atoms with Crippen LogP contribution in [0, 0.1) is 0 Å². The van der Waals surface area contributed by atoms with Gasteiger partial charge in [-0.05, 0) is 47.9 Å². The monoisotopic (exact) mass is 382 g/mol. The number of rotatable bonds is 5. The van der Waals surface area contributed by atoms with E-state index in [1.807, 2.05) is 48.5 Å². The van der Waals surface area contributed by atoms with Gasteiger partial charge in [-0.2, -0.15) is 13.5 Å². The van der Waals surface area contributed by atoms with Crippen molar-refractivity contribution in [3.8, 4) is 0 Å². The number of anilines is 1. The first-order valence-electron chi connectivity index (χ1n) is 8.93. The number of nitrogens with one attached hydrogen (secondary N) is 1. The predicted octanol–water partition coefficient (Wildman–Crippen LogP) is 2.46. The zero-order chi connectivity index (χ0) is 18.9. The van der Waals surface area contributed by atoms with Crippen molar-refractivity contribution in [2.24, 2.45) is 7.05 Å². The molecule has 27 heavy (non-hydrogen) atoms. The van der Waals surface area contributed by atoms with E-state index in [1.54, 1.807) is 13.2 Å². The molecule has 1 aromatic heterocycles. The topological polar surface area (TPSA) is 67.2 Å². The maximum atomic E-state index is 13.4. The van der Waals surface area contributed by atoms with Crippen LogP contribution in [0.2, 0.25) is 0 Å². The Bertz CT molecular complexity index is 1040. The largest absolute Gasteiger partial charge is 0.312 e. The van der Waals surface area contributed by atoms with Crippen LogP contribution in [0.3, 0.4) is 0 Å². The summed E-state index contributed by atoms with van der Waals surface area (Å²) in [5, 5.41) is 7.53. The van der Waals surface area contributed by atoms with E-state index in [-0.39, 0.29) is 11.6 Å². The Kier molecular flexibility index (Phi) is 4.72. The van der Waals surface area contributed by atoms with Crippen LogP contribution in [0.25, 0.3) is 0 Å². The smallest absolute Gasteiger partial charge is 0.283 e. The Balaban J connectivity index is 1.78. The number of hydrogen-bond acceptors (Lipinski definition) is 4. The van der Waals surface area contributed by atoms with Crippen molar-refractivity contribution in [1.82, 2.24) is 15.1 Å². The first-order chi connectivity index (χ1) is 13.0. The molecule has 4 rings (SSSR count). The molecule has 0 fully saturated rings. The van der Waals surface area contributed by atoms with Crippen molar-refractivity contribution in [1.29, 1.82) is 0 Å². The summed E-state index contributed by atoms with van der Waals surface area (Å²) in [5.74, 6) is 0. The molecular formula is C20H22N4O2S. The second-order valence-electron chi connectivity index (χ2n) is 6.70. The van der Waals surface area contributed by atoms with Gasteiger partial charge in [-0.1, -0.05) is 36.4 Å². The van der Waals surface area contributed by atoms with Crippen LogP contribution in [0.1, 0.15) is 16.7 Å². The number of benzene rings is 2. The summed E-state index contributed by atoms with van der Waals surface area (Å²) in [5.41, 5.74) is 4.02. The van der Waals surface area contributed by atoms with Crippen molar-refractivity contribution >= 4 is 15.7 Å². The van der Waals surface area contributed by atoms with Crippen molar-refractivity contribution < 1.29 is 8.42 Å². The molecule has 2 aromatic carbocycles. The minimum absolute atomic E-state index is 0.0559. The number of nitrogens with zero attached hydrogens (tertiary/aromatic N) is 3. The Morgan fingerprint density at radius 3 is 2.67 bits per heavy atom. The van der Waals surface area contributed by atoms with Gasteiger partial charge in [0, 0.05) is 19.8 Å². The van der Waals surface area contributed by atoms with Gasteiger partial charge in [0.15, 0.2) is 5.03 Å². The Morgan fingerprint density at radius 1 is 1.11 bits per heavy atom. The lowest BCUT2D eigenvalue weighted by Gasteiger charge is -2.26. The lowest BCUT2D eigenvalue weighted by molar-refractivity contribution is 0.582. The molecule has 0 spiro atoms. The third kappa shape index (κ3) is 3.61. The molecule has 1 N–H and O–H groups in total. The van der Waals surface area contributed by atoms with Gasteiger partial charge in [0.1, 0.15) is 0 Å². The highest BCUT2D eigenvalue weighted by atomic mass is 32.2. The highest BCUT2D eigenvalue weighted by Gasteiger charge is 2.28. The van der Waals surface area contributed by atoms with Gasteiger partial charge in [0.2, 0.25) is 0 Å². The molecule has 6 nitrogen and oxygen atoms in total. The molecule has 2 heterocycles. The zero-order valence-corrected chi connectivity index (χ0v) is 16.0. The molecule has 0 aliphatic carbocycles. The molecule has 0 atom stereocenters. The van der Waals surface area contributed by atoms with E-state index in [0.29, 0.717) is 5.69 Å². The molecule has 0 bridgehead atoms. The van der Waals surface area contributed by atoms with E-state index < -0.39 is 10.0 Å². The zero-order valence-electron chi connectivity index (χ0n) is 15.2. The molecule has 1 aliphatic heterocycles. The Hall–Kier alpha value is -2.64. The molecule has 140 valence electrons. The second kappa shape index (κ2) is 7.17. The normalized spacial score (nSPS) is 14.0. The molecule has 0 saturated heterocycles. The number of fused-ring (bicyclic) bond motifs is 1. The maximum Gasteiger partial charge on any atom is 0.283 e. The standard InChI is InChI=1S/C20H22N4O2S/c1-23-12-10-20(22-23)27(25,26)24(15-16-5-3-2-4-6-16)19-8-7-18-14-21-11-9-17(18)13-19/h2-8,10,12-13,21H,9,11,14-15H2,1H3. The fourth-order valence-electron chi connectivity index (χ4n) is 3.33. The highest BCUT2D eigenvalue weighted by Crippen LogP contribution is 2.28. The van der Waals surface area contributed by atoms with Crippen LogP contribution in [0.15, 0.2) is 65.8 Å². The van der Waals surface area contributed by atoms with Gasteiger partial charge in [0.05, 0.1) is 12.2 Å². The number of sulfonamides is 1. The van der Waals surface area contributed by atoms with E-state index in [9.17, 15) is 8.42 Å². The molecule has 0 saturated carbocycles. The summed E-state index contributed by atoms with van der Waals surface area (Å²) >= 11 is 0. The summed E-state index contributed by atoms with van der Waals surface area (Å²) in [6, 6.07) is 17.1. The van der Waals surface area contributed by atoms with Gasteiger partial charge in [0.25, 0.3) is 10.0 Å². The minimum Gasteiger partial charge on any atom is -0.312 e. The summed E-state index contributed by atoms with van der Waals surface area (Å²) < 4.78 is 29.7. The van der Waals surface area contributed by atoms with Crippen LogP contribution >= 0.6 is 0 Å². The Labute approximate surface area is 159 Å². The lowest BCUT2D eigenvalue weighted by atomic mass is 10.0. The molecular weight excluding hydrogens is 360 g/mol. The van der Waals surface area contributed by atoms with Crippen LogP contribution in [-0.2, 0) is 36.6 Å². The fourth-order valence-corrected chi connectivity index (χ4v) is 4.73. The summed E-state index contributed by atoms with van der Waals surface area (Å²) in [7, 11) is -2.06. The van der Waals surface area contributed by atoms with Gasteiger partial charge < -0.3 is 5.32 Å². The van der Waals surface area contributed by atoms with E-state index in [0.717, 1.165) is 25.1 Å². The molecule has 0 radical (unpaired) electrons. The summed E-state index contributed by atoms with van der Waals surface area (Å²) in [4.78, 5) is 0. The van der Waals surface area contributed by atoms with E-state index in [4.69, 9.17) is 0 Å². The van der Waals surface area contributed by atoms with E-state index >= 15 is 0 Å². The number of aromatic nitrogens is 2. The highest BCUT2D eigenvalue weighted by molar-refractivity contribution is 7.92. The summed E-state index contributed by atoms with van der Waals surface area (Å²) in [6.07, 6.45) is 2.54. The SMILES string of the molecule is Cn1ccc(S(=O)(=O)N(Cc2ccccc2)c2ccc3c(c2)CCNC3)n1. The van der Waals surface area contributed by atoms with Crippen LogP contribution in [-0.4, -0.2) is 24.7 Å². The summed E-state index contributed by atoms with van der Waals surface area (Å²) in [6.45, 7) is 1.99. The van der Waals surface area contributed by atoms with Crippen LogP contribution in [0.4, 0.5) is 5.69 Å². The molecule has 1 aliphatic rings. The predicted molar refractivity (Wildman–Crippen MR) is 105 cm³/mol. The van der Waals surface area contributed by atoms with Crippen molar-refractivity contribution in [2.45, 2.75) is 24.5 Å². The van der Waals surface area contributed by atoms with E-state index in [2.05, 4.69) is 10.4 Å². The van der Waals surface area contributed by atoms with Crippen LogP contribution < -0.4 is 9.62 Å². The minimum atomic E-state index is -3.77. The van der Waals surface area contributed by atoms with Gasteiger partial charge >= 0.3 is 0 Å². The van der Waals surface area contributed by atoms with Crippen molar-refractivity contribution in [3.63, 3.8) is 0 Å². The average Bonchev–Trinajstić information content (AvgIpc) is 3.14. The quantitative estimate of drug-likeness (QED) is 0.736. The third-order valence-corrected chi connectivity index (χ3v) is 6.44. The number of aryl methyl sites for hydroxylation is 1. The van der Waals surface area contributed by atoms with Crippen molar-refractivity contribution in [2.75, 3.05) is 10.8 Å². The van der Waals surface area contributed by atoms with Gasteiger partial charge in [-0.3, -0.25) is 8.99 Å². The van der Waals surface area contributed by atoms with Crippen molar-refractivity contribution in [3.05, 3.63) is 77.5 Å². The first-order valence-corrected chi connectivity index (χ1v) is 10.4. The average molecular weight is 382 g/mol. The Morgan fingerprint density at radius 2 is 1.93 bits per heavy atom. The third-order valence-electron chi connectivity index (χ3n) is 4.78.